The van der Waals surface area contributed by atoms with E-state index in [0.717, 1.165) is 5.92 Å². The number of rotatable bonds is 3. The van der Waals surface area contributed by atoms with Crippen molar-refractivity contribution in [3.05, 3.63) is 24.8 Å². The van der Waals surface area contributed by atoms with Crippen molar-refractivity contribution in [2.45, 2.75) is 19.3 Å². The van der Waals surface area contributed by atoms with Crippen LogP contribution < -0.4 is 0 Å². The van der Waals surface area contributed by atoms with Crippen LogP contribution >= 0.6 is 0 Å². The van der Waals surface area contributed by atoms with Crippen molar-refractivity contribution in [2.24, 2.45) is 5.92 Å². The van der Waals surface area contributed by atoms with Gasteiger partial charge in [-0.25, -0.2) is 0 Å². The molecule has 1 aliphatic rings. The standard InChI is InChI=1S/C8H12/c1-2-3-4-5-8-6-7-8/h2-4,8H,1,5-7H2. The molecule has 0 N–H and O–H groups in total. The summed E-state index contributed by atoms with van der Waals surface area (Å²) in [5, 5.41) is 0. The Morgan fingerprint density at radius 1 is 1.50 bits per heavy atom. The average Bonchev–Trinajstić information content (AvgIpc) is 2.51. The summed E-state index contributed by atoms with van der Waals surface area (Å²) in [7, 11) is 0. The van der Waals surface area contributed by atoms with E-state index in [9.17, 15) is 0 Å². The van der Waals surface area contributed by atoms with Crippen molar-refractivity contribution >= 4 is 0 Å². The van der Waals surface area contributed by atoms with Gasteiger partial charge in [0.2, 0.25) is 0 Å². The highest BCUT2D eigenvalue weighted by Gasteiger charge is 2.18. The third kappa shape index (κ3) is 1.97. The van der Waals surface area contributed by atoms with Crippen LogP contribution in [0.15, 0.2) is 24.8 Å². The van der Waals surface area contributed by atoms with Gasteiger partial charge in [0.05, 0.1) is 0 Å². The molecule has 0 saturated heterocycles. The predicted molar refractivity (Wildman–Crippen MR) is 36.7 cm³/mol. The van der Waals surface area contributed by atoms with Gasteiger partial charge >= 0.3 is 0 Å². The van der Waals surface area contributed by atoms with E-state index in [1.54, 1.807) is 0 Å². The Morgan fingerprint density at radius 2 is 2.25 bits per heavy atom. The molecule has 0 atom stereocenters. The third-order valence-electron chi connectivity index (χ3n) is 1.44. The smallest absolute Gasteiger partial charge is 0.0319 e. The minimum atomic E-state index is 1.02. The van der Waals surface area contributed by atoms with Gasteiger partial charge in [-0.2, -0.15) is 0 Å². The van der Waals surface area contributed by atoms with E-state index in [4.69, 9.17) is 0 Å². The highest BCUT2D eigenvalue weighted by Crippen LogP contribution is 2.32. The molecule has 0 aromatic rings. The van der Waals surface area contributed by atoms with Crippen LogP contribution in [0.25, 0.3) is 0 Å². The summed E-state index contributed by atoms with van der Waals surface area (Å²) in [6.45, 7) is 3.59. The molecule has 0 aliphatic heterocycles. The van der Waals surface area contributed by atoms with Crippen molar-refractivity contribution < 1.29 is 0 Å². The Morgan fingerprint density at radius 3 is 2.75 bits per heavy atom. The summed E-state index contributed by atoms with van der Waals surface area (Å²) in [4.78, 5) is 0. The summed E-state index contributed by atoms with van der Waals surface area (Å²) in [5.41, 5.74) is 0. The first-order valence-corrected chi connectivity index (χ1v) is 3.21. The molecule has 0 amide bonds. The minimum absolute atomic E-state index is 1.02. The molecule has 1 fully saturated rings. The van der Waals surface area contributed by atoms with Gasteiger partial charge in [-0.05, 0) is 25.2 Å². The Labute approximate surface area is 50.9 Å². The van der Waals surface area contributed by atoms with Gasteiger partial charge in [-0.3, -0.25) is 0 Å². The van der Waals surface area contributed by atoms with Crippen LogP contribution in [0, 0.1) is 5.92 Å². The van der Waals surface area contributed by atoms with Crippen molar-refractivity contribution in [1.29, 1.82) is 0 Å². The fraction of sp³-hybridized carbons (Fsp3) is 0.500. The van der Waals surface area contributed by atoms with Crippen LogP contribution in [0.1, 0.15) is 19.3 Å². The molecule has 0 heteroatoms. The zero-order valence-electron chi connectivity index (χ0n) is 5.14. The molecule has 0 spiro atoms. The number of hydrogen-bond donors (Lipinski definition) is 0. The predicted octanol–water partition coefficient (Wildman–Crippen LogP) is 2.53. The van der Waals surface area contributed by atoms with E-state index in [0.29, 0.717) is 0 Å². The van der Waals surface area contributed by atoms with Gasteiger partial charge in [-0.15, -0.1) is 0 Å². The molecule has 0 heterocycles. The Bertz CT molecular complexity index is 96.6. The monoisotopic (exact) mass is 108 g/mol. The van der Waals surface area contributed by atoms with E-state index < -0.39 is 0 Å². The summed E-state index contributed by atoms with van der Waals surface area (Å²) >= 11 is 0. The van der Waals surface area contributed by atoms with Crippen LogP contribution in [-0.2, 0) is 0 Å². The van der Waals surface area contributed by atoms with Gasteiger partial charge in [0.25, 0.3) is 0 Å². The van der Waals surface area contributed by atoms with Crippen molar-refractivity contribution in [1.82, 2.24) is 0 Å². The fourth-order valence-electron chi connectivity index (χ4n) is 0.721. The van der Waals surface area contributed by atoms with Gasteiger partial charge in [0.1, 0.15) is 0 Å². The molecule has 44 valence electrons. The van der Waals surface area contributed by atoms with Gasteiger partial charge in [0.15, 0.2) is 0 Å². The third-order valence-corrected chi connectivity index (χ3v) is 1.44. The van der Waals surface area contributed by atoms with E-state index in [1.807, 2.05) is 12.2 Å². The van der Waals surface area contributed by atoms with Gasteiger partial charge in [-0.1, -0.05) is 24.8 Å². The van der Waals surface area contributed by atoms with E-state index in [1.165, 1.54) is 19.3 Å². The molecule has 0 aromatic carbocycles. The number of hydrogen-bond acceptors (Lipinski definition) is 0. The maximum Gasteiger partial charge on any atom is -0.0319 e. The fourth-order valence-corrected chi connectivity index (χ4v) is 0.721. The molecule has 1 aliphatic carbocycles. The zero-order valence-corrected chi connectivity index (χ0v) is 5.14. The second-order valence-corrected chi connectivity index (χ2v) is 2.34. The first kappa shape index (κ1) is 5.61. The normalized spacial score (nSPS) is 19.5. The lowest BCUT2D eigenvalue weighted by molar-refractivity contribution is 0.863. The molecule has 1 saturated carbocycles. The average molecular weight is 108 g/mol. The molecule has 0 aromatic heterocycles. The Kier molecular flexibility index (Phi) is 1.90. The summed E-state index contributed by atoms with van der Waals surface area (Å²) in [6.07, 6.45) is 10.2. The molecule has 8 heavy (non-hydrogen) atoms. The van der Waals surface area contributed by atoms with Crippen LogP contribution in [-0.4, -0.2) is 0 Å². The zero-order chi connectivity index (χ0) is 5.82. The largest absolute Gasteiger partial charge is 0.0991 e. The summed E-state index contributed by atoms with van der Waals surface area (Å²) in [5.74, 6) is 1.02. The first-order valence-electron chi connectivity index (χ1n) is 3.21. The summed E-state index contributed by atoms with van der Waals surface area (Å²) in [6, 6.07) is 0. The lowest BCUT2D eigenvalue weighted by atomic mass is 10.3. The molecule has 0 nitrogen and oxygen atoms in total. The van der Waals surface area contributed by atoms with E-state index in [-0.39, 0.29) is 0 Å². The summed E-state index contributed by atoms with van der Waals surface area (Å²) < 4.78 is 0. The van der Waals surface area contributed by atoms with Crippen LogP contribution in [0.4, 0.5) is 0 Å². The minimum Gasteiger partial charge on any atom is -0.0991 e. The van der Waals surface area contributed by atoms with Gasteiger partial charge in [0, 0.05) is 0 Å². The molecule has 0 bridgehead atoms. The lowest BCUT2D eigenvalue weighted by Crippen LogP contribution is -1.65. The molecular formula is C8H12. The quantitative estimate of drug-likeness (QED) is 0.487. The van der Waals surface area contributed by atoms with Crippen molar-refractivity contribution in [3.63, 3.8) is 0 Å². The van der Waals surface area contributed by atoms with Crippen molar-refractivity contribution in [2.75, 3.05) is 0 Å². The van der Waals surface area contributed by atoms with Gasteiger partial charge < -0.3 is 0 Å². The molecule has 0 unspecified atom stereocenters. The van der Waals surface area contributed by atoms with E-state index >= 15 is 0 Å². The molecular weight excluding hydrogens is 96.1 g/mol. The topological polar surface area (TPSA) is 0 Å². The Balaban J connectivity index is 2.01. The second kappa shape index (κ2) is 2.71. The van der Waals surface area contributed by atoms with Crippen LogP contribution in [0.3, 0.4) is 0 Å². The molecule has 1 rings (SSSR count). The first-order chi connectivity index (χ1) is 3.93. The SMILES string of the molecule is C=CC=CCC1CC1. The van der Waals surface area contributed by atoms with Crippen LogP contribution in [0.5, 0.6) is 0 Å². The number of allylic oxidation sites excluding steroid dienone is 3. The van der Waals surface area contributed by atoms with Crippen LogP contribution in [0.2, 0.25) is 0 Å². The highest BCUT2D eigenvalue weighted by molar-refractivity contribution is 4.99. The lowest BCUT2D eigenvalue weighted by Gasteiger charge is -1.80. The molecule has 0 radical (unpaired) electrons. The maximum absolute atomic E-state index is 3.59. The van der Waals surface area contributed by atoms with Crippen molar-refractivity contribution in [3.8, 4) is 0 Å². The van der Waals surface area contributed by atoms with E-state index in [2.05, 4.69) is 12.7 Å². The highest BCUT2D eigenvalue weighted by atomic mass is 14.2. The maximum atomic E-state index is 3.59. The second-order valence-electron chi connectivity index (χ2n) is 2.34. The Hall–Kier alpha value is -0.520.